The Labute approximate surface area is 136 Å². The molecule has 0 spiro atoms. The van der Waals surface area contributed by atoms with Crippen LogP contribution in [-0.4, -0.2) is 55.5 Å². The smallest absolute Gasteiger partial charge is 0.343 e. The van der Waals surface area contributed by atoms with Gasteiger partial charge in [-0.3, -0.25) is 14.4 Å². The van der Waals surface area contributed by atoms with Gasteiger partial charge in [0.1, 0.15) is 0 Å². The highest BCUT2D eigenvalue weighted by Crippen LogP contribution is 2.52. The number of rotatable bonds is 4. The molecule has 1 saturated heterocycles. The van der Waals surface area contributed by atoms with Crippen molar-refractivity contribution in [3.8, 4) is 0 Å². The van der Waals surface area contributed by atoms with Gasteiger partial charge in [0.2, 0.25) is 0 Å². The summed E-state index contributed by atoms with van der Waals surface area (Å²) in [6.45, 7) is 0. The topological polar surface area (TPSA) is 101 Å². The molecule has 8 nitrogen and oxygen atoms in total. The first-order chi connectivity index (χ1) is 11.0. The number of carbonyl (C=O) groups is 3. The highest BCUT2D eigenvalue weighted by atomic mass is 32.2. The molecule has 0 aromatic carbocycles. The van der Waals surface area contributed by atoms with Crippen LogP contribution < -0.4 is 0 Å². The number of halogens is 2. The molecule has 0 aromatic heterocycles. The lowest BCUT2D eigenvalue weighted by Gasteiger charge is -2.22. The number of alkyl halides is 2. The molecule has 0 aromatic rings. The minimum Gasteiger partial charge on any atom is -0.343 e. The van der Waals surface area contributed by atoms with Crippen LogP contribution in [-0.2, 0) is 28.8 Å². The van der Waals surface area contributed by atoms with E-state index >= 15 is 0 Å². The van der Waals surface area contributed by atoms with Gasteiger partial charge in [0.05, 0.1) is 11.8 Å². The summed E-state index contributed by atoms with van der Waals surface area (Å²) in [5, 5.41) is -5.06. The Morgan fingerprint density at radius 1 is 1.21 bits per heavy atom. The molecule has 24 heavy (non-hydrogen) atoms. The highest BCUT2D eigenvalue weighted by Gasteiger charge is 2.63. The first-order valence-electron chi connectivity index (χ1n) is 7.09. The number of fused-ring (bicyclic) bond motifs is 5. The van der Waals surface area contributed by atoms with E-state index in [2.05, 4.69) is 4.28 Å². The maximum absolute atomic E-state index is 13.8. The molecule has 1 saturated carbocycles. The van der Waals surface area contributed by atoms with Crippen LogP contribution in [0, 0.1) is 23.7 Å². The quantitative estimate of drug-likeness (QED) is 0.503. The van der Waals surface area contributed by atoms with Crippen LogP contribution in [0.3, 0.4) is 0 Å². The maximum atomic E-state index is 13.8. The molecule has 4 atom stereocenters. The summed E-state index contributed by atoms with van der Waals surface area (Å²) in [6.07, 6.45) is 4.08. The first kappa shape index (κ1) is 17.0. The van der Waals surface area contributed by atoms with Crippen molar-refractivity contribution in [1.82, 2.24) is 9.96 Å². The molecule has 3 aliphatic rings. The molecule has 2 bridgehead atoms. The number of hydroxylamine groups is 2. The van der Waals surface area contributed by atoms with Gasteiger partial charge in [-0.1, -0.05) is 12.2 Å². The Kier molecular flexibility index (Phi) is 3.57. The predicted molar refractivity (Wildman–Crippen MR) is 73.2 cm³/mol. The lowest BCUT2D eigenvalue weighted by atomic mass is 9.85. The molecule has 2 fully saturated rings. The Morgan fingerprint density at radius 3 is 2.08 bits per heavy atom. The van der Waals surface area contributed by atoms with E-state index in [9.17, 15) is 31.6 Å². The molecule has 132 valence electrons. The SMILES string of the molecule is CN(C)C(=O)C(F)(F)S(=O)(=O)ON1C(=O)C2C3C=CC(C3)C2C1=O. The summed E-state index contributed by atoms with van der Waals surface area (Å²) in [4.78, 5) is 36.2. The number of imide groups is 1. The molecule has 3 amide bonds. The highest BCUT2D eigenvalue weighted by molar-refractivity contribution is 7.88. The van der Waals surface area contributed by atoms with Gasteiger partial charge in [-0.2, -0.15) is 17.2 Å². The minimum atomic E-state index is -5.86. The van der Waals surface area contributed by atoms with E-state index in [1.54, 1.807) is 12.2 Å². The van der Waals surface area contributed by atoms with Crippen molar-refractivity contribution in [1.29, 1.82) is 0 Å². The maximum Gasteiger partial charge on any atom is 0.448 e. The molecule has 0 radical (unpaired) electrons. The third kappa shape index (κ3) is 2.10. The summed E-state index contributed by atoms with van der Waals surface area (Å²) < 4.78 is 55.3. The number of nitrogens with zero attached hydrogens (tertiary/aromatic N) is 2. The van der Waals surface area contributed by atoms with Crippen LogP contribution >= 0.6 is 0 Å². The number of allylic oxidation sites excluding steroid dienone is 2. The summed E-state index contributed by atoms with van der Waals surface area (Å²) in [5.41, 5.74) is 0. The van der Waals surface area contributed by atoms with Gasteiger partial charge in [0.25, 0.3) is 11.8 Å². The van der Waals surface area contributed by atoms with Gasteiger partial charge in [0, 0.05) is 14.1 Å². The lowest BCUT2D eigenvalue weighted by molar-refractivity contribution is -0.169. The molecule has 0 N–H and O–H groups in total. The van der Waals surface area contributed by atoms with E-state index in [0.29, 0.717) is 11.3 Å². The van der Waals surface area contributed by atoms with Crippen molar-refractivity contribution in [2.75, 3.05) is 14.1 Å². The average Bonchev–Trinajstić information content (AvgIpc) is 3.15. The van der Waals surface area contributed by atoms with E-state index < -0.39 is 44.9 Å². The van der Waals surface area contributed by atoms with E-state index in [4.69, 9.17) is 0 Å². The van der Waals surface area contributed by atoms with Crippen LogP contribution in [0.5, 0.6) is 0 Å². The standard InChI is InChI=1S/C13H14F2N2O6S/c1-16(2)12(20)13(14,15)24(21,22)23-17-10(18)8-6-3-4-7(5-6)9(8)11(17)19/h3-4,6-9H,5H2,1-2H3. The largest absolute Gasteiger partial charge is 0.448 e. The second-order valence-corrected chi connectivity index (χ2v) is 7.79. The molecule has 11 heteroatoms. The Balaban J connectivity index is 1.85. The van der Waals surface area contributed by atoms with Gasteiger partial charge >= 0.3 is 21.3 Å². The molecular formula is C13H14F2N2O6S. The zero-order valence-corrected chi connectivity index (χ0v) is 13.5. The minimum absolute atomic E-state index is 0.131. The summed E-state index contributed by atoms with van der Waals surface area (Å²) in [6, 6.07) is 0. The van der Waals surface area contributed by atoms with Crippen LogP contribution in [0.2, 0.25) is 0 Å². The second kappa shape index (κ2) is 5.06. The van der Waals surface area contributed by atoms with Gasteiger partial charge in [-0.05, 0) is 18.3 Å². The fourth-order valence-electron chi connectivity index (χ4n) is 3.46. The number of carbonyl (C=O) groups excluding carboxylic acids is 3. The van der Waals surface area contributed by atoms with Gasteiger partial charge in [-0.15, -0.1) is 9.35 Å². The summed E-state index contributed by atoms with van der Waals surface area (Å²) in [5.74, 6) is -6.07. The van der Waals surface area contributed by atoms with Crippen molar-refractivity contribution >= 4 is 27.8 Å². The van der Waals surface area contributed by atoms with Gasteiger partial charge < -0.3 is 4.90 Å². The summed E-state index contributed by atoms with van der Waals surface area (Å²) >= 11 is 0. The average molecular weight is 364 g/mol. The van der Waals surface area contributed by atoms with Crippen molar-refractivity contribution in [2.45, 2.75) is 11.7 Å². The zero-order chi connectivity index (χ0) is 18.0. The Bertz CT molecular complexity index is 732. The van der Waals surface area contributed by atoms with Crippen LogP contribution in [0.25, 0.3) is 0 Å². The molecule has 1 aliphatic heterocycles. The lowest BCUT2D eigenvalue weighted by Crippen LogP contribution is -2.49. The van der Waals surface area contributed by atoms with Crippen LogP contribution in [0.4, 0.5) is 8.78 Å². The van der Waals surface area contributed by atoms with Crippen molar-refractivity contribution in [3.05, 3.63) is 12.2 Å². The van der Waals surface area contributed by atoms with Crippen molar-refractivity contribution in [2.24, 2.45) is 23.7 Å². The van der Waals surface area contributed by atoms with Crippen LogP contribution in [0.15, 0.2) is 12.2 Å². The normalized spacial score (nSPS) is 31.8. The Morgan fingerprint density at radius 2 is 1.67 bits per heavy atom. The van der Waals surface area contributed by atoms with Gasteiger partial charge in [0.15, 0.2) is 0 Å². The van der Waals surface area contributed by atoms with Gasteiger partial charge in [-0.25, -0.2) is 0 Å². The third-order valence-electron chi connectivity index (χ3n) is 4.57. The van der Waals surface area contributed by atoms with Crippen molar-refractivity contribution in [3.63, 3.8) is 0 Å². The fourth-order valence-corrected chi connectivity index (χ4v) is 4.29. The molecule has 4 unspecified atom stereocenters. The first-order valence-corrected chi connectivity index (χ1v) is 8.49. The number of hydrogen-bond donors (Lipinski definition) is 0. The molecule has 3 rings (SSSR count). The molecule has 2 aliphatic carbocycles. The molecule has 1 heterocycles. The van der Waals surface area contributed by atoms with E-state index in [1.165, 1.54) is 0 Å². The predicted octanol–water partition coefficient (Wildman–Crippen LogP) is -0.264. The number of amides is 3. The van der Waals surface area contributed by atoms with Crippen LogP contribution in [0.1, 0.15) is 6.42 Å². The third-order valence-corrected chi connectivity index (χ3v) is 5.72. The summed E-state index contributed by atoms with van der Waals surface area (Å²) in [7, 11) is -3.99. The monoisotopic (exact) mass is 364 g/mol. The second-order valence-electron chi connectivity index (χ2n) is 6.22. The Hall–Kier alpha value is -1.88. The van der Waals surface area contributed by atoms with E-state index in [1.807, 2.05) is 0 Å². The van der Waals surface area contributed by atoms with Crippen molar-refractivity contribution < 1.29 is 35.9 Å². The number of hydrogen-bond acceptors (Lipinski definition) is 6. The van der Waals surface area contributed by atoms with E-state index in [-0.39, 0.29) is 16.9 Å². The van der Waals surface area contributed by atoms with E-state index in [0.717, 1.165) is 14.1 Å². The zero-order valence-electron chi connectivity index (χ0n) is 12.7. The fraction of sp³-hybridized carbons (Fsp3) is 0.615. The molecular weight excluding hydrogens is 350 g/mol.